The number of aromatic amines is 1. The first-order chi connectivity index (χ1) is 10.3. The maximum Gasteiger partial charge on any atom is 0.290 e. The zero-order chi connectivity index (χ0) is 14.9. The molecule has 108 valence electrons. The van der Waals surface area contributed by atoms with Crippen LogP contribution in [0.5, 0.6) is 0 Å². The van der Waals surface area contributed by atoms with Crippen molar-refractivity contribution in [3.8, 4) is 11.4 Å². The molecule has 2 N–H and O–H groups in total. The molecule has 0 aliphatic rings. The van der Waals surface area contributed by atoms with Crippen molar-refractivity contribution in [3.05, 3.63) is 55.1 Å². The smallest absolute Gasteiger partial charge is 0.290 e. The monoisotopic (exact) mass is 285 g/mol. The van der Waals surface area contributed by atoms with Crippen LogP contribution in [0.25, 0.3) is 11.4 Å². The predicted octanol–water partition coefficient (Wildman–Crippen LogP) is 1.61. The van der Waals surface area contributed by atoms with Gasteiger partial charge >= 0.3 is 0 Å². The van der Waals surface area contributed by atoms with E-state index in [1.54, 1.807) is 12.5 Å². The number of hydrogen-bond acceptors (Lipinski definition) is 4. The van der Waals surface area contributed by atoms with Crippen LogP contribution >= 0.6 is 0 Å². The van der Waals surface area contributed by atoms with E-state index in [4.69, 9.17) is 9.90 Å². The van der Waals surface area contributed by atoms with E-state index in [0.717, 1.165) is 30.0 Å². The fourth-order valence-corrected chi connectivity index (χ4v) is 1.91. The summed E-state index contributed by atoms with van der Waals surface area (Å²) in [5.74, 6) is 0.947. The van der Waals surface area contributed by atoms with E-state index in [-0.39, 0.29) is 6.47 Å². The van der Waals surface area contributed by atoms with Crippen molar-refractivity contribution in [1.82, 2.24) is 24.5 Å². The number of carboxylic acid groups (broad SMARTS) is 1. The highest BCUT2D eigenvalue weighted by molar-refractivity contribution is 5.53. The molecule has 3 aromatic heterocycles. The molecule has 0 amide bonds. The van der Waals surface area contributed by atoms with Gasteiger partial charge in [-0.15, -0.1) is 0 Å². The van der Waals surface area contributed by atoms with Crippen LogP contribution in [0.4, 0.5) is 0 Å². The highest BCUT2D eigenvalue weighted by Gasteiger charge is 2.05. The Bertz CT molecular complexity index is 649. The first-order valence-electron chi connectivity index (χ1n) is 6.31. The minimum absolute atomic E-state index is 0.250. The molecule has 0 unspecified atom stereocenters. The van der Waals surface area contributed by atoms with Gasteiger partial charge in [-0.2, -0.15) is 0 Å². The van der Waals surface area contributed by atoms with Crippen LogP contribution in [-0.4, -0.2) is 36.1 Å². The van der Waals surface area contributed by atoms with Gasteiger partial charge < -0.3 is 14.7 Å². The van der Waals surface area contributed by atoms with Gasteiger partial charge in [0.1, 0.15) is 5.82 Å². The van der Waals surface area contributed by atoms with Crippen LogP contribution in [0.1, 0.15) is 5.69 Å². The summed E-state index contributed by atoms with van der Waals surface area (Å²) < 4.78 is 2.12. The van der Waals surface area contributed by atoms with Gasteiger partial charge in [0.25, 0.3) is 6.47 Å². The zero-order valence-electron chi connectivity index (χ0n) is 11.3. The third-order valence-corrected chi connectivity index (χ3v) is 2.81. The molecule has 7 heteroatoms. The lowest BCUT2D eigenvalue weighted by Crippen LogP contribution is -2.02. The third kappa shape index (κ3) is 4.00. The number of nitrogens with one attached hydrogen (secondary N) is 1. The van der Waals surface area contributed by atoms with Gasteiger partial charge in [0, 0.05) is 55.2 Å². The third-order valence-electron chi connectivity index (χ3n) is 2.81. The second-order valence-electron chi connectivity index (χ2n) is 4.12. The first kappa shape index (κ1) is 14.4. The SMILES string of the molecule is O=CO.c1cncc(-c2nccn2CCc2cnc[nH]2)c1. The van der Waals surface area contributed by atoms with Gasteiger partial charge in [0.15, 0.2) is 0 Å². The standard InChI is InChI=1S/C13H13N5.CH2O2/c1-2-11(8-14-4-1)13-16-5-7-18(13)6-3-12-9-15-10-17-12;2-1-3/h1-2,4-5,7-10H,3,6H2,(H,15,17);1H,(H,2,3). The van der Waals surface area contributed by atoms with E-state index in [1.807, 2.05) is 36.9 Å². The summed E-state index contributed by atoms with van der Waals surface area (Å²) in [6.45, 7) is 0.617. The highest BCUT2D eigenvalue weighted by atomic mass is 16.3. The van der Waals surface area contributed by atoms with Gasteiger partial charge in [-0.3, -0.25) is 9.78 Å². The number of pyridine rings is 1. The number of aromatic nitrogens is 5. The van der Waals surface area contributed by atoms with Crippen LogP contribution < -0.4 is 0 Å². The number of H-pyrrole nitrogens is 1. The lowest BCUT2D eigenvalue weighted by Gasteiger charge is -2.06. The molecule has 0 saturated heterocycles. The Morgan fingerprint density at radius 3 is 2.81 bits per heavy atom. The van der Waals surface area contributed by atoms with Crippen LogP contribution in [0.2, 0.25) is 0 Å². The molecule has 0 aromatic carbocycles. The molecule has 0 aliphatic carbocycles. The van der Waals surface area contributed by atoms with Crippen molar-refractivity contribution in [3.63, 3.8) is 0 Å². The molecule has 0 spiro atoms. The molecule has 0 saturated carbocycles. The molecule has 0 atom stereocenters. The van der Waals surface area contributed by atoms with Crippen molar-refractivity contribution in [2.24, 2.45) is 0 Å². The Balaban J connectivity index is 0.000000497. The lowest BCUT2D eigenvalue weighted by atomic mass is 10.2. The Kier molecular flexibility index (Phi) is 5.22. The topological polar surface area (TPSA) is 96.7 Å². The summed E-state index contributed by atoms with van der Waals surface area (Å²) in [4.78, 5) is 24.0. The fraction of sp³-hybridized carbons (Fsp3) is 0.143. The van der Waals surface area contributed by atoms with Crippen LogP contribution in [0.3, 0.4) is 0 Å². The normalized spacial score (nSPS) is 9.71. The number of imidazole rings is 2. The maximum absolute atomic E-state index is 8.36. The van der Waals surface area contributed by atoms with E-state index in [9.17, 15) is 0 Å². The summed E-state index contributed by atoms with van der Waals surface area (Å²) in [7, 11) is 0. The molecular formula is C14H15N5O2. The number of hydrogen-bond donors (Lipinski definition) is 2. The number of nitrogens with zero attached hydrogens (tertiary/aromatic N) is 4. The molecule has 0 aliphatic heterocycles. The number of aryl methyl sites for hydroxylation is 2. The molecule has 0 fully saturated rings. The lowest BCUT2D eigenvalue weighted by molar-refractivity contribution is -0.122. The van der Waals surface area contributed by atoms with Crippen LogP contribution in [0.15, 0.2) is 49.4 Å². The Morgan fingerprint density at radius 2 is 2.14 bits per heavy atom. The summed E-state index contributed by atoms with van der Waals surface area (Å²) in [5.41, 5.74) is 2.16. The van der Waals surface area contributed by atoms with Crippen LogP contribution in [0, 0.1) is 0 Å². The van der Waals surface area contributed by atoms with Gasteiger partial charge in [0.2, 0.25) is 0 Å². The average molecular weight is 285 g/mol. The van der Waals surface area contributed by atoms with Gasteiger partial charge in [-0.1, -0.05) is 0 Å². The van der Waals surface area contributed by atoms with Gasteiger partial charge in [-0.25, -0.2) is 9.97 Å². The zero-order valence-corrected chi connectivity index (χ0v) is 11.3. The molecule has 0 bridgehead atoms. The molecule has 21 heavy (non-hydrogen) atoms. The summed E-state index contributed by atoms with van der Waals surface area (Å²) >= 11 is 0. The van der Waals surface area contributed by atoms with Gasteiger partial charge in [0.05, 0.1) is 6.33 Å². The molecule has 3 heterocycles. The molecule has 0 radical (unpaired) electrons. The highest BCUT2D eigenvalue weighted by Crippen LogP contribution is 2.15. The molecular weight excluding hydrogens is 270 g/mol. The number of rotatable bonds is 4. The first-order valence-corrected chi connectivity index (χ1v) is 6.31. The summed E-state index contributed by atoms with van der Waals surface area (Å²) in [6.07, 6.45) is 11.8. The van der Waals surface area contributed by atoms with Gasteiger partial charge in [-0.05, 0) is 12.1 Å². The fourth-order valence-electron chi connectivity index (χ4n) is 1.91. The minimum atomic E-state index is -0.250. The number of carbonyl (C=O) groups is 1. The van der Waals surface area contributed by atoms with Crippen LogP contribution in [-0.2, 0) is 17.8 Å². The predicted molar refractivity (Wildman–Crippen MR) is 76.4 cm³/mol. The van der Waals surface area contributed by atoms with E-state index < -0.39 is 0 Å². The minimum Gasteiger partial charge on any atom is -0.483 e. The van der Waals surface area contributed by atoms with E-state index in [1.165, 1.54) is 0 Å². The van der Waals surface area contributed by atoms with E-state index in [2.05, 4.69) is 24.5 Å². The Labute approximate surface area is 121 Å². The van der Waals surface area contributed by atoms with Crippen molar-refractivity contribution in [1.29, 1.82) is 0 Å². The Morgan fingerprint density at radius 1 is 1.29 bits per heavy atom. The van der Waals surface area contributed by atoms with Crippen molar-refractivity contribution in [2.75, 3.05) is 0 Å². The average Bonchev–Trinajstić information content (AvgIpc) is 3.18. The molecule has 7 nitrogen and oxygen atoms in total. The van der Waals surface area contributed by atoms with Crippen molar-refractivity contribution in [2.45, 2.75) is 13.0 Å². The summed E-state index contributed by atoms with van der Waals surface area (Å²) in [5, 5.41) is 6.89. The molecule has 3 aromatic rings. The molecule has 3 rings (SSSR count). The largest absolute Gasteiger partial charge is 0.483 e. The Hall–Kier alpha value is -2.96. The maximum atomic E-state index is 8.36. The van der Waals surface area contributed by atoms with Crippen molar-refractivity contribution >= 4 is 6.47 Å². The summed E-state index contributed by atoms with van der Waals surface area (Å²) in [6, 6.07) is 3.94. The van der Waals surface area contributed by atoms with Crippen molar-refractivity contribution < 1.29 is 9.90 Å². The second kappa shape index (κ2) is 7.59. The van der Waals surface area contributed by atoms with E-state index >= 15 is 0 Å². The second-order valence-corrected chi connectivity index (χ2v) is 4.12. The van der Waals surface area contributed by atoms with E-state index in [0.29, 0.717) is 0 Å². The quantitative estimate of drug-likeness (QED) is 0.710.